The van der Waals surface area contributed by atoms with Crippen molar-refractivity contribution in [3.05, 3.63) is 47.3 Å². The number of hydrogen-bond donors (Lipinski definition) is 1. The van der Waals surface area contributed by atoms with Crippen LogP contribution >= 0.6 is 0 Å². The second-order valence-corrected chi connectivity index (χ2v) is 6.41. The highest BCUT2D eigenvalue weighted by molar-refractivity contribution is 5.91. The summed E-state index contributed by atoms with van der Waals surface area (Å²) >= 11 is 0. The molecular formula is C20H21N5O3. The third kappa shape index (κ3) is 3.06. The quantitative estimate of drug-likeness (QED) is 0.682. The number of aryl methyl sites for hydroxylation is 2. The number of ether oxygens (including phenoxy) is 2. The van der Waals surface area contributed by atoms with E-state index in [4.69, 9.17) is 14.5 Å². The van der Waals surface area contributed by atoms with Crippen LogP contribution in [0.4, 0.5) is 11.6 Å². The molecule has 2 heterocycles. The minimum absolute atomic E-state index is 0.315. The molecule has 0 amide bonds. The maximum absolute atomic E-state index is 12.3. The fraction of sp³-hybridized carbons (Fsp3) is 0.300. The average Bonchev–Trinajstić information content (AvgIpc) is 3.06. The summed E-state index contributed by atoms with van der Waals surface area (Å²) in [6.45, 7) is 2.10. The van der Waals surface area contributed by atoms with Gasteiger partial charge in [0.1, 0.15) is 5.75 Å². The Morgan fingerprint density at radius 3 is 2.89 bits per heavy atom. The van der Waals surface area contributed by atoms with E-state index < -0.39 is 5.97 Å². The highest BCUT2D eigenvalue weighted by Gasteiger charge is 2.29. The zero-order chi connectivity index (χ0) is 19.7. The fourth-order valence-electron chi connectivity index (χ4n) is 3.45. The van der Waals surface area contributed by atoms with Crippen molar-refractivity contribution < 1.29 is 14.3 Å². The first-order chi connectivity index (χ1) is 13.6. The van der Waals surface area contributed by atoms with Gasteiger partial charge >= 0.3 is 5.97 Å². The van der Waals surface area contributed by atoms with E-state index in [-0.39, 0.29) is 0 Å². The predicted molar refractivity (Wildman–Crippen MR) is 104 cm³/mol. The van der Waals surface area contributed by atoms with E-state index in [9.17, 15) is 4.79 Å². The molecule has 0 fully saturated rings. The van der Waals surface area contributed by atoms with Gasteiger partial charge in [-0.25, -0.2) is 14.8 Å². The average molecular weight is 379 g/mol. The number of carbonyl (C=O) groups excluding carboxylic acids is 1. The molecule has 0 spiro atoms. The van der Waals surface area contributed by atoms with Crippen molar-refractivity contribution in [2.45, 2.75) is 19.8 Å². The van der Waals surface area contributed by atoms with Crippen LogP contribution < -0.4 is 10.1 Å². The Hall–Kier alpha value is -3.42. The van der Waals surface area contributed by atoms with Gasteiger partial charge in [-0.3, -0.25) is 4.68 Å². The Balaban J connectivity index is 1.74. The van der Waals surface area contributed by atoms with E-state index in [1.54, 1.807) is 18.7 Å². The number of benzene rings is 1. The highest BCUT2D eigenvalue weighted by atomic mass is 16.5. The molecular weight excluding hydrogens is 358 g/mol. The summed E-state index contributed by atoms with van der Waals surface area (Å²) in [5, 5.41) is 7.60. The number of rotatable bonds is 5. The molecule has 1 aromatic carbocycles. The Kier molecular flexibility index (Phi) is 4.68. The lowest BCUT2D eigenvalue weighted by atomic mass is 9.93. The number of para-hydroxylation sites is 2. The van der Waals surface area contributed by atoms with Crippen molar-refractivity contribution in [2.75, 3.05) is 19.0 Å². The Bertz CT molecular complexity index is 1040. The van der Waals surface area contributed by atoms with Crippen molar-refractivity contribution in [1.29, 1.82) is 0 Å². The van der Waals surface area contributed by atoms with E-state index in [1.807, 2.05) is 37.5 Å². The lowest BCUT2D eigenvalue weighted by Gasteiger charge is -2.18. The normalized spacial score (nSPS) is 12.1. The lowest BCUT2D eigenvalue weighted by Crippen LogP contribution is -2.12. The smallest absolute Gasteiger partial charge is 0.359 e. The minimum Gasteiger partial charge on any atom is -0.495 e. The summed E-state index contributed by atoms with van der Waals surface area (Å²) in [5.41, 5.74) is 4.64. The minimum atomic E-state index is -0.399. The third-order valence-corrected chi connectivity index (χ3v) is 4.70. The van der Waals surface area contributed by atoms with Gasteiger partial charge < -0.3 is 14.8 Å². The number of hydrogen-bond acceptors (Lipinski definition) is 7. The maximum Gasteiger partial charge on any atom is 0.359 e. The molecule has 2 aromatic heterocycles. The molecule has 0 unspecified atom stereocenters. The van der Waals surface area contributed by atoms with Crippen molar-refractivity contribution in [1.82, 2.24) is 19.7 Å². The zero-order valence-electron chi connectivity index (χ0n) is 16.0. The second kappa shape index (κ2) is 7.30. The first kappa shape index (κ1) is 18.0. The first-order valence-electron chi connectivity index (χ1n) is 9.11. The molecule has 0 saturated heterocycles. The number of aromatic nitrogens is 4. The molecule has 1 N–H and O–H groups in total. The largest absolute Gasteiger partial charge is 0.495 e. The molecule has 0 aliphatic heterocycles. The molecule has 144 valence electrons. The summed E-state index contributed by atoms with van der Waals surface area (Å²) in [6.07, 6.45) is 3.27. The molecule has 0 saturated carbocycles. The molecule has 3 aromatic rings. The van der Waals surface area contributed by atoms with Gasteiger partial charge in [0.2, 0.25) is 5.95 Å². The number of nitrogens with zero attached hydrogens (tertiary/aromatic N) is 4. The van der Waals surface area contributed by atoms with Gasteiger partial charge in [-0.2, -0.15) is 5.10 Å². The van der Waals surface area contributed by atoms with Crippen LogP contribution in [-0.2, 0) is 24.6 Å². The summed E-state index contributed by atoms with van der Waals surface area (Å²) in [6, 6.07) is 7.58. The Morgan fingerprint density at radius 1 is 1.29 bits per heavy atom. The van der Waals surface area contributed by atoms with Crippen LogP contribution in [0.25, 0.3) is 11.4 Å². The first-order valence-corrected chi connectivity index (χ1v) is 9.11. The van der Waals surface area contributed by atoms with Crippen LogP contribution in [-0.4, -0.2) is 39.4 Å². The number of fused-ring (bicyclic) bond motifs is 3. The van der Waals surface area contributed by atoms with E-state index in [0.29, 0.717) is 30.4 Å². The summed E-state index contributed by atoms with van der Waals surface area (Å²) in [7, 11) is 3.43. The molecule has 8 nitrogen and oxygen atoms in total. The van der Waals surface area contributed by atoms with Crippen LogP contribution in [0.15, 0.2) is 30.5 Å². The second-order valence-electron chi connectivity index (χ2n) is 6.41. The van der Waals surface area contributed by atoms with Crippen LogP contribution in [0, 0.1) is 0 Å². The SMILES string of the molecule is CCOC(=O)c1nn(C)c2c1CCc1cnc(Nc3ccccc3OC)nc1-2. The van der Waals surface area contributed by atoms with Gasteiger partial charge in [0.15, 0.2) is 5.69 Å². The van der Waals surface area contributed by atoms with Crippen LogP contribution in [0.3, 0.4) is 0 Å². The van der Waals surface area contributed by atoms with Gasteiger partial charge in [-0.15, -0.1) is 0 Å². The van der Waals surface area contributed by atoms with Gasteiger partial charge in [-0.1, -0.05) is 12.1 Å². The Morgan fingerprint density at radius 2 is 2.11 bits per heavy atom. The summed E-state index contributed by atoms with van der Waals surface area (Å²) in [5.74, 6) is 0.758. The van der Waals surface area contributed by atoms with Crippen LogP contribution in [0.2, 0.25) is 0 Å². The topological polar surface area (TPSA) is 91.2 Å². The number of esters is 1. The number of anilines is 2. The van der Waals surface area contributed by atoms with E-state index in [2.05, 4.69) is 15.4 Å². The van der Waals surface area contributed by atoms with Crippen LogP contribution in [0.1, 0.15) is 28.5 Å². The molecule has 0 bridgehead atoms. The van der Waals surface area contributed by atoms with E-state index in [0.717, 1.165) is 34.6 Å². The molecule has 0 atom stereocenters. The molecule has 4 rings (SSSR count). The Labute approximate surface area is 162 Å². The number of carbonyl (C=O) groups is 1. The summed E-state index contributed by atoms with van der Waals surface area (Å²) in [4.78, 5) is 21.4. The highest BCUT2D eigenvalue weighted by Crippen LogP contribution is 2.35. The summed E-state index contributed by atoms with van der Waals surface area (Å²) < 4.78 is 12.2. The molecule has 0 radical (unpaired) electrons. The standard InChI is InChI=1S/C20H21N5O3/c1-4-28-19(26)17-13-10-9-12-11-21-20(23-16(12)18(13)25(2)24-17)22-14-7-5-6-8-15(14)27-3/h5-8,11H,4,9-10H2,1-3H3,(H,21,22,23). The van der Waals surface area contributed by atoms with Crippen LogP contribution in [0.5, 0.6) is 5.75 Å². The van der Waals surface area contributed by atoms with Gasteiger partial charge in [0, 0.05) is 18.8 Å². The van der Waals surface area contributed by atoms with E-state index in [1.165, 1.54) is 0 Å². The maximum atomic E-state index is 12.3. The molecule has 1 aliphatic carbocycles. The van der Waals surface area contributed by atoms with Gasteiger partial charge in [-0.05, 0) is 37.5 Å². The predicted octanol–water partition coefficient (Wildman–Crippen LogP) is 2.90. The van der Waals surface area contributed by atoms with Crippen molar-refractivity contribution in [3.8, 4) is 17.1 Å². The lowest BCUT2D eigenvalue weighted by molar-refractivity contribution is 0.0517. The number of methoxy groups -OCH3 is 1. The fourth-order valence-corrected chi connectivity index (χ4v) is 3.45. The van der Waals surface area contributed by atoms with Gasteiger partial charge in [0.05, 0.1) is 30.8 Å². The zero-order valence-corrected chi connectivity index (χ0v) is 16.0. The molecule has 28 heavy (non-hydrogen) atoms. The van der Waals surface area contributed by atoms with Crippen molar-refractivity contribution in [2.24, 2.45) is 7.05 Å². The van der Waals surface area contributed by atoms with Gasteiger partial charge in [0.25, 0.3) is 0 Å². The van der Waals surface area contributed by atoms with Crippen molar-refractivity contribution in [3.63, 3.8) is 0 Å². The van der Waals surface area contributed by atoms with E-state index >= 15 is 0 Å². The number of nitrogens with one attached hydrogen (secondary N) is 1. The monoisotopic (exact) mass is 379 g/mol. The molecule has 8 heteroatoms. The van der Waals surface area contributed by atoms with Crippen molar-refractivity contribution >= 4 is 17.6 Å². The molecule has 1 aliphatic rings. The third-order valence-electron chi connectivity index (χ3n) is 4.70.